The number of morpholine rings is 1. The van der Waals surface area contributed by atoms with Gasteiger partial charge in [-0.05, 0) is 48.9 Å². The summed E-state index contributed by atoms with van der Waals surface area (Å²) in [5.74, 6) is 3.50. The van der Waals surface area contributed by atoms with Crippen molar-refractivity contribution < 1.29 is 14.2 Å². The molecule has 1 N–H and O–H groups in total. The summed E-state index contributed by atoms with van der Waals surface area (Å²) in [6.45, 7) is 6.09. The second kappa shape index (κ2) is 8.84. The van der Waals surface area contributed by atoms with Gasteiger partial charge in [-0.1, -0.05) is 6.07 Å². The first-order valence-corrected chi connectivity index (χ1v) is 12.4. The van der Waals surface area contributed by atoms with E-state index in [4.69, 9.17) is 24.2 Å². The summed E-state index contributed by atoms with van der Waals surface area (Å²) >= 11 is 1.86. The van der Waals surface area contributed by atoms with Crippen molar-refractivity contribution in [3.63, 3.8) is 0 Å². The molecule has 0 atom stereocenters. The van der Waals surface area contributed by atoms with Gasteiger partial charge in [0.1, 0.15) is 29.7 Å². The first-order valence-electron chi connectivity index (χ1n) is 11.6. The van der Waals surface area contributed by atoms with Crippen molar-refractivity contribution >= 4 is 27.4 Å². The van der Waals surface area contributed by atoms with E-state index >= 15 is 0 Å². The molecular weight excluding hydrogens is 424 g/mol. The Morgan fingerprint density at radius 1 is 0.969 bits per heavy atom. The highest BCUT2D eigenvalue weighted by molar-refractivity contribution is 7.19. The second-order valence-electron chi connectivity index (χ2n) is 8.60. The van der Waals surface area contributed by atoms with E-state index in [2.05, 4.69) is 22.3 Å². The number of anilines is 1. The fraction of sp³-hybridized carbons (Fsp3) is 0.500. The van der Waals surface area contributed by atoms with Gasteiger partial charge in [-0.3, -0.25) is 4.90 Å². The van der Waals surface area contributed by atoms with Crippen LogP contribution in [0.4, 0.5) is 5.82 Å². The average molecular weight is 453 g/mol. The van der Waals surface area contributed by atoms with Crippen LogP contribution in [0, 0.1) is 0 Å². The maximum Gasteiger partial charge on any atom is 0.161 e. The minimum Gasteiger partial charge on any atom is -0.486 e. The lowest BCUT2D eigenvalue weighted by atomic mass is 9.97. The number of aromatic nitrogens is 2. The zero-order chi connectivity index (χ0) is 21.3. The number of rotatable bonds is 5. The molecule has 0 saturated carbocycles. The van der Waals surface area contributed by atoms with Crippen LogP contribution in [0.5, 0.6) is 11.5 Å². The molecule has 6 rings (SSSR count). The molecule has 8 heteroatoms. The Bertz CT molecular complexity index is 1130. The number of thiophene rings is 1. The van der Waals surface area contributed by atoms with Gasteiger partial charge in [-0.2, -0.15) is 0 Å². The molecule has 3 aliphatic rings. The van der Waals surface area contributed by atoms with Gasteiger partial charge in [0, 0.05) is 24.5 Å². The van der Waals surface area contributed by atoms with Crippen LogP contribution < -0.4 is 14.8 Å². The number of nitrogens with one attached hydrogen (secondary N) is 1. The minimum absolute atomic E-state index is 0.600. The van der Waals surface area contributed by atoms with E-state index in [1.807, 2.05) is 17.4 Å². The SMILES string of the molecule is c1cc2c(cc1CNc1nc(CN3CCOCC3)nc3sc4c(c13)CCCC4)OCCO2. The first-order chi connectivity index (χ1) is 15.8. The molecule has 0 spiro atoms. The highest BCUT2D eigenvalue weighted by atomic mass is 32.1. The Labute approximate surface area is 191 Å². The summed E-state index contributed by atoms with van der Waals surface area (Å²) < 4.78 is 16.9. The summed E-state index contributed by atoms with van der Waals surface area (Å²) in [6.07, 6.45) is 4.81. The Morgan fingerprint density at radius 2 is 1.81 bits per heavy atom. The monoisotopic (exact) mass is 452 g/mol. The van der Waals surface area contributed by atoms with Crippen molar-refractivity contribution in [2.45, 2.75) is 38.8 Å². The van der Waals surface area contributed by atoms with Crippen LogP contribution in [0.1, 0.15) is 34.7 Å². The third-order valence-electron chi connectivity index (χ3n) is 6.40. The van der Waals surface area contributed by atoms with E-state index in [1.54, 1.807) is 0 Å². The van der Waals surface area contributed by atoms with Crippen LogP contribution in [0.15, 0.2) is 18.2 Å². The standard InChI is InChI=1S/C24H28N4O3S/c1-2-4-20-17(3-1)22-23(25-14-16-5-6-18-19(13-16)31-12-11-30-18)26-21(27-24(22)32-20)15-28-7-9-29-10-8-28/h5-6,13H,1-4,7-12,14-15H2,(H,25,26,27). The van der Waals surface area contributed by atoms with Gasteiger partial charge in [0.15, 0.2) is 11.5 Å². The molecule has 2 aromatic heterocycles. The Kier molecular flexibility index (Phi) is 5.58. The van der Waals surface area contributed by atoms with Crippen LogP contribution in [0.2, 0.25) is 0 Å². The zero-order valence-corrected chi connectivity index (χ0v) is 19.0. The molecule has 32 heavy (non-hydrogen) atoms. The Morgan fingerprint density at radius 3 is 2.72 bits per heavy atom. The molecule has 1 fully saturated rings. The molecule has 1 saturated heterocycles. The lowest BCUT2D eigenvalue weighted by molar-refractivity contribution is 0.0331. The van der Waals surface area contributed by atoms with E-state index in [0.29, 0.717) is 19.8 Å². The van der Waals surface area contributed by atoms with Crippen LogP contribution in [0.25, 0.3) is 10.2 Å². The average Bonchev–Trinajstić information content (AvgIpc) is 3.21. The molecule has 4 heterocycles. The topological polar surface area (TPSA) is 68.7 Å². The van der Waals surface area contributed by atoms with Crippen LogP contribution in [-0.4, -0.2) is 54.4 Å². The highest BCUT2D eigenvalue weighted by Gasteiger charge is 2.22. The molecule has 0 bridgehead atoms. The van der Waals surface area contributed by atoms with Crippen LogP contribution in [0.3, 0.4) is 0 Å². The van der Waals surface area contributed by atoms with Crippen molar-refractivity contribution in [2.75, 3.05) is 44.8 Å². The largest absolute Gasteiger partial charge is 0.486 e. The van der Waals surface area contributed by atoms with Crippen molar-refractivity contribution in [1.82, 2.24) is 14.9 Å². The molecule has 3 aromatic rings. The number of benzene rings is 1. The highest BCUT2D eigenvalue weighted by Crippen LogP contribution is 2.39. The third-order valence-corrected chi connectivity index (χ3v) is 7.58. The predicted octanol–water partition coefficient (Wildman–Crippen LogP) is 3.79. The van der Waals surface area contributed by atoms with Gasteiger partial charge in [-0.25, -0.2) is 9.97 Å². The number of hydrogen-bond acceptors (Lipinski definition) is 8. The Balaban J connectivity index is 1.31. The van der Waals surface area contributed by atoms with Gasteiger partial charge < -0.3 is 19.5 Å². The maximum absolute atomic E-state index is 5.76. The summed E-state index contributed by atoms with van der Waals surface area (Å²) in [4.78, 5) is 15.0. The zero-order valence-electron chi connectivity index (χ0n) is 18.2. The molecule has 1 aliphatic carbocycles. The number of hydrogen-bond donors (Lipinski definition) is 1. The quantitative estimate of drug-likeness (QED) is 0.632. The number of ether oxygens (including phenoxy) is 3. The maximum atomic E-state index is 5.76. The molecule has 0 amide bonds. The molecule has 2 aliphatic heterocycles. The summed E-state index contributed by atoms with van der Waals surface area (Å²) in [7, 11) is 0. The van der Waals surface area contributed by atoms with Crippen LogP contribution >= 0.6 is 11.3 Å². The van der Waals surface area contributed by atoms with Gasteiger partial charge >= 0.3 is 0 Å². The molecule has 0 radical (unpaired) electrons. The predicted molar refractivity (Wildman–Crippen MR) is 125 cm³/mol. The lowest BCUT2D eigenvalue weighted by Crippen LogP contribution is -2.36. The molecule has 168 valence electrons. The van der Waals surface area contributed by atoms with Gasteiger partial charge in [-0.15, -0.1) is 11.3 Å². The fourth-order valence-electron chi connectivity index (χ4n) is 4.74. The van der Waals surface area contributed by atoms with E-state index in [-0.39, 0.29) is 0 Å². The number of nitrogens with zero attached hydrogens (tertiary/aromatic N) is 3. The van der Waals surface area contributed by atoms with Crippen LogP contribution in [-0.2, 0) is 30.7 Å². The van der Waals surface area contributed by atoms with Crippen molar-refractivity contribution in [3.05, 3.63) is 40.0 Å². The van der Waals surface area contributed by atoms with Crippen molar-refractivity contribution in [2.24, 2.45) is 0 Å². The van der Waals surface area contributed by atoms with Gasteiger partial charge in [0.25, 0.3) is 0 Å². The second-order valence-corrected chi connectivity index (χ2v) is 9.68. The number of fused-ring (bicyclic) bond motifs is 4. The molecular formula is C24H28N4O3S. The third kappa shape index (κ3) is 4.02. The fourth-order valence-corrected chi connectivity index (χ4v) is 6.02. The minimum atomic E-state index is 0.600. The summed E-state index contributed by atoms with van der Waals surface area (Å²) in [5, 5.41) is 4.87. The molecule has 0 unspecified atom stereocenters. The van der Waals surface area contributed by atoms with Crippen molar-refractivity contribution in [3.8, 4) is 11.5 Å². The first kappa shape index (κ1) is 20.2. The van der Waals surface area contributed by atoms with E-state index in [9.17, 15) is 0 Å². The normalized spacial score (nSPS) is 18.5. The van der Waals surface area contributed by atoms with Crippen molar-refractivity contribution in [1.29, 1.82) is 0 Å². The lowest BCUT2D eigenvalue weighted by Gasteiger charge is -2.26. The number of aryl methyl sites for hydroxylation is 2. The van der Waals surface area contributed by atoms with Gasteiger partial charge in [0.05, 0.1) is 25.1 Å². The smallest absolute Gasteiger partial charge is 0.161 e. The summed E-state index contributed by atoms with van der Waals surface area (Å²) in [6, 6.07) is 6.16. The van der Waals surface area contributed by atoms with Gasteiger partial charge in [0.2, 0.25) is 0 Å². The van der Waals surface area contributed by atoms with E-state index < -0.39 is 0 Å². The molecule has 1 aromatic carbocycles. The molecule has 7 nitrogen and oxygen atoms in total. The van der Waals surface area contributed by atoms with E-state index in [1.165, 1.54) is 28.7 Å². The van der Waals surface area contributed by atoms with E-state index in [0.717, 1.165) is 79.2 Å². The Hall–Kier alpha value is -2.42. The summed E-state index contributed by atoms with van der Waals surface area (Å²) in [5.41, 5.74) is 2.61.